The number of halogens is 2. The third kappa shape index (κ3) is 3.98. The summed E-state index contributed by atoms with van der Waals surface area (Å²) in [6.07, 6.45) is 0.832. The number of rotatable bonds is 5. The molecule has 0 amide bonds. The monoisotopic (exact) mass is 352 g/mol. The minimum absolute atomic E-state index is 0.623. The van der Waals surface area contributed by atoms with Gasteiger partial charge in [-0.3, -0.25) is 0 Å². The topological polar surface area (TPSA) is 29.3 Å². The van der Waals surface area contributed by atoms with Gasteiger partial charge in [0.25, 0.3) is 0 Å². The SMILES string of the molecule is CN(Cc1cccc(Br)c1)c1ccc(Cl)cc1CCN. The van der Waals surface area contributed by atoms with Gasteiger partial charge in [0.15, 0.2) is 0 Å². The van der Waals surface area contributed by atoms with Crippen molar-refractivity contribution in [3.05, 3.63) is 63.1 Å². The quantitative estimate of drug-likeness (QED) is 0.871. The van der Waals surface area contributed by atoms with Gasteiger partial charge in [-0.05, 0) is 54.4 Å². The van der Waals surface area contributed by atoms with Crippen LogP contribution in [0, 0.1) is 0 Å². The molecule has 0 fully saturated rings. The fraction of sp³-hybridized carbons (Fsp3) is 0.250. The highest BCUT2D eigenvalue weighted by molar-refractivity contribution is 9.10. The molecule has 2 nitrogen and oxygen atoms in total. The van der Waals surface area contributed by atoms with Crippen molar-refractivity contribution >= 4 is 33.2 Å². The molecule has 0 aromatic heterocycles. The van der Waals surface area contributed by atoms with Crippen LogP contribution in [0.3, 0.4) is 0 Å². The first-order chi connectivity index (χ1) is 9.60. The van der Waals surface area contributed by atoms with Crippen LogP contribution in [0.15, 0.2) is 46.9 Å². The van der Waals surface area contributed by atoms with Gasteiger partial charge < -0.3 is 10.6 Å². The number of benzene rings is 2. The second kappa shape index (κ2) is 7.11. The Morgan fingerprint density at radius 2 is 2.00 bits per heavy atom. The Morgan fingerprint density at radius 1 is 1.20 bits per heavy atom. The number of nitrogens with two attached hydrogens (primary N) is 1. The van der Waals surface area contributed by atoms with E-state index in [1.54, 1.807) is 0 Å². The van der Waals surface area contributed by atoms with E-state index in [1.807, 2.05) is 18.2 Å². The van der Waals surface area contributed by atoms with Gasteiger partial charge in [-0.2, -0.15) is 0 Å². The van der Waals surface area contributed by atoms with Crippen molar-refractivity contribution in [2.75, 3.05) is 18.5 Å². The van der Waals surface area contributed by atoms with Crippen molar-refractivity contribution in [2.45, 2.75) is 13.0 Å². The standard InChI is InChI=1S/C16H18BrClN2/c1-20(11-12-3-2-4-14(17)9-12)16-6-5-15(18)10-13(16)7-8-19/h2-6,9-10H,7-8,11,19H2,1H3. The van der Waals surface area contributed by atoms with E-state index in [2.05, 4.69) is 52.1 Å². The van der Waals surface area contributed by atoms with Gasteiger partial charge in [-0.1, -0.05) is 39.7 Å². The van der Waals surface area contributed by atoms with E-state index >= 15 is 0 Å². The first-order valence-electron chi connectivity index (χ1n) is 6.54. The summed E-state index contributed by atoms with van der Waals surface area (Å²) < 4.78 is 1.10. The lowest BCUT2D eigenvalue weighted by molar-refractivity contribution is 0.892. The van der Waals surface area contributed by atoms with Crippen molar-refractivity contribution in [2.24, 2.45) is 5.73 Å². The molecule has 106 valence electrons. The summed E-state index contributed by atoms with van der Waals surface area (Å²) in [6, 6.07) is 14.3. The van der Waals surface area contributed by atoms with Crippen LogP contribution >= 0.6 is 27.5 Å². The van der Waals surface area contributed by atoms with E-state index in [4.69, 9.17) is 17.3 Å². The number of hydrogen-bond donors (Lipinski definition) is 1. The van der Waals surface area contributed by atoms with Crippen LogP contribution in [0.5, 0.6) is 0 Å². The molecule has 2 N–H and O–H groups in total. The molecule has 2 rings (SSSR count). The highest BCUT2D eigenvalue weighted by Crippen LogP contribution is 2.25. The van der Waals surface area contributed by atoms with Crippen molar-refractivity contribution in [3.63, 3.8) is 0 Å². The van der Waals surface area contributed by atoms with E-state index in [1.165, 1.54) is 16.8 Å². The molecule has 0 aliphatic heterocycles. The second-order valence-electron chi connectivity index (χ2n) is 4.80. The van der Waals surface area contributed by atoms with Crippen molar-refractivity contribution in [1.29, 1.82) is 0 Å². The summed E-state index contributed by atoms with van der Waals surface area (Å²) in [5.74, 6) is 0. The lowest BCUT2D eigenvalue weighted by atomic mass is 10.1. The summed E-state index contributed by atoms with van der Waals surface area (Å²) in [5.41, 5.74) is 9.32. The molecule has 0 radical (unpaired) electrons. The van der Waals surface area contributed by atoms with Crippen molar-refractivity contribution in [3.8, 4) is 0 Å². The number of anilines is 1. The lowest BCUT2D eigenvalue weighted by Gasteiger charge is -2.23. The van der Waals surface area contributed by atoms with Gasteiger partial charge in [-0.15, -0.1) is 0 Å². The van der Waals surface area contributed by atoms with E-state index in [0.29, 0.717) is 6.54 Å². The number of nitrogens with zero attached hydrogens (tertiary/aromatic N) is 1. The Hall–Kier alpha value is -1.03. The molecular formula is C16H18BrClN2. The Morgan fingerprint density at radius 3 is 2.70 bits per heavy atom. The summed E-state index contributed by atoms with van der Waals surface area (Å²) in [5, 5.41) is 0.757. The summed E-state index contributed by atoms with van der Waals surface area (Å²) in [6.45, 7) is 1.47. The molecule has 0 heterocycles. The molecule has 0 saturated carbocycles. The molecule has 0 saturated heterocycles. The first-order valence-corrected chi connectivity index (χ1v) is 7.71. The Balaban J connectivity index is 2.22. The lowest BCUT2D eigenvalue weighted by Crippen LogP contribution is -2.19. The zero-order valence-electron chi connectivity index (χ0n) is 11.4. The minimum Gasteiger partial charge on any atom is -0.370 e. The first kappa shape index (κ1) is 15.4. The van der Waals surface area contributed by atoms with Crippen molar-refractivity contribution < 1.29 is 0 Å². The molecule has 0 bridgehead atoms. The van der Waals surface area contributed by atoms with E-state index in [0.717, 1.165) is 22.5 Å². The largest absolute Gasteiger partial charge is 0.370 e. The average Bonchev–Trinajstić information content (AvgIpc) is 2.39. The number of hydrogen-bond acceptors (Lipinski definition) is 2. The smallest absolute Gasteiger partial charge is 0.0426 e. The van der Waals surface area contributed by atoms with Gasteiger partial charge >= 0.3 is 0 Å². The molecule has 20 heavy (non-hydrogen) atoms. The average molecular weight is 354 g/mol. The minimum atomic E-state index is 0.623. The maximum absolute atomic E-state index is 6.07. The van der Waals surface area contributed by atoms with Crippen LogP contribution in [0.2, 0.25) is 5.02 Å². The van der Waals surface area contributed by atoms with Crippen LogP contribution in [0.25, 0.3) is 0 Å². The highest BCUT2D eigenvalue weighted by Gasteiger charge is 2.08. The Labute approximate surface area is 133 Å². The zero-order chi connectivity index (χ0) is 14.5. The molecule has 0 unspecified atom stereocenters. The highest BCUT2D eigenvalue weighted by atomic mass is 79.9. The van der Waals surface area contributed by atoms with Crippen LogP contribution < -0.4 is 10.6 Å². The molecule has 0 aliphatic carbocycles. The fourth-order valence-corrected chi connectivity index (χ4v) is 2.92. The molecule has 0 atom stereocenters. The van der Waals surface area contributed by atoms with Crippen LogP contribution in [-0.2, 0) is 13.0 Å². The molecule has 2 aromatic rings. The third-order valence-electron chi connectivity index (χ3n) is 3.18. The predicted octanol–water partition coefficient (Wildman–Crippen LogP) is 4.24. The Kier molecular flexibility index (Phi) is 5.46. The molecular weight excluding hydrogens is 336 g/mol. The fourth-order valence-electron chi connectivity index (χ4n) is 2.28. The van der Waals surface area contributed by atoms with E-state index in [9.17, 15) is 0 Å². The molecule has 4 heteroatoms. The summed E-state index contributed by atoms with van der Waals surface area (Å²) >= 11 is 9.58. The van der Waals surface area contributed by atoms with E-state index < -0.39 is 0 Å². The predicted molar refractivity (Wildman–Crippen MR) is 90.5 cm³/mol. The summed E-state index contributed by atoms with van der Waals surface area (Å²) in [4.78, 5) is 2.23. The molecule has 0 aliphatic rings. The maximum atomic E-state index is 6.07. The molecule has 0 spiro atoms. The van der Waals surface area contributed by atoms with Gasteiger partial charge in [0, 0.05) is 28.8 Å². The van der Waals surface area contributed by atoms with Gasteiger partial charge in [0.05, 0.1) is 0 Å². The van der Waals surface area contributed by atoms with Gasteiger partial charge in [0.1, 0.15) is 0 Å². The normalized spacial score (nSPS) is 10.6. The summed E-state index contributed by atoms with van der Waals surface area (Å²) in [7, 11) is 2.09. The third-order valence-corrected chi connectivity index (χ3v) is 3.90. The van der Waals surface area contributed by atoms with Crippen molar-refractivity contribution in [1.82, 2.24) is 0 Å². The maximum Gasteiger partial charge on any atom is 0.0426 e. The van der Waals surface area contributed by atoms with Crippen LogP contribution in [-0.4, -0.2) is 13.6 Å². The van der Waals surface area contributed by atoms with Crippen LogP contribution in [0.1, 0.15) is 11.1 Å². The van der Waals surface area contributed by atoms with Gasteiger partial charge in [0.2, 0.25) is 0 Å². The zero-order valence-corrected chi connectivity index (χ0v) is 13.8. The van der Waals surface area contributed by atoms with Gasteiger partial charge in [-0.25, -0.2) is 0 Å². The van der Waals surface area contributed by atoms with Crippen LogP contribution in [0.4, 0.5) is 5.69 Å². The molecule has 2 aromatic carbocycles. The Bertz CT molecular complexity index is 586. The second-order valence-corrected chi connectivity index (χ2v) is 6.15. The van der Waals surface area contributed by atoms with E-state index in [-0.39, 0.29) is 0 Å².